The normalized spacial score (nSPS) is 18.1. The lowest BCUT2D eigenvalue weighted by Crippen LogP contribution is -2.60. The number of rotatable bonds is 5. The molecule has 1 rings (SSSR count). The average molecular weight is 260 g/mol. The first-order valence-corrected chi connectivity index (χ1v) is 6.05. The van der Waals surface area contributed by atoms with Gasteiger partial charge in [-0.05, 0) is 6.92 Å². The van der Waals surface area contributed by atoms with Crippen LogP contribution in [-0.4, -0.2) is 65.6 Å². The number of aliphatic hydroxyl groups excluding tert-OH is 1. The smallest absolute Gasteiger partial charge is 0.329 e. The van der Waals surface area contributed by atoms with Crippen LogP contribution in [0.25, 0.3) is 0 Å². The molecule has 1 aliphatic heterocycles. The van der Waals surface area contributed by atoms with Crippen molar-refractivity contribution in [3.8, 4) is 0 Å². The number of carbonyl (C=O) groups excluding carboxylic acids is 1. The second kappa shape index (κ2) is 6.55. The first kappa shape index (κ1) is 14.7. The molecular formula is C11H20N2O5. The molecule has 0 spiro atoms. The van der Waals surface area contributed by atoms with Crippen LogP contribution in [0, 0.1) is 0 Å². The number of hydrogen-bond donors (Lipinski definition) is 3. The van der Waals surface area contributed by atoms with Crippen molar-refractivity contribution in [1.82, 2.24) is 10.2 Å². The van der Waals surface area contributed by atoms with E-state index < -0.39 is 17.5 Å². The summed E-state index contributed by atoms with van der Waals surface area (Å²) < 4.78 is 5.12. The van der Waals surface area contributed by atoms with Gasteiger partial charge in [0.15, 0.2) is 0 Å². The van der Waals surface area contributed by atoms with E-state index in [0.29, 0.717) is 19.8 Å². The van der Waals surface area contributed by atoms with Gasteiger partial charge in [0.25, 0.3) is 0 Å². The predicted molar refractivity (Wildman–Crippen MR) is 63.3 cm³/mol. The molecule has 0 aromatic carbocycles. The number of aliphatic carboxylic acids is 1. The molecule has 3 N–H and O–H groups in total. The number of nitrogens with zero attached hydrogens (tertiary/aromatic N) is 1. The van der Waals surface area contributed by atoms with E-state index in [1.54, 1.807) is 6.92 Å². The summed E-state index contributed by atoms with van der Waals surface area (Å²) in [7, 11) is 0. The van der Waals surface area contributed by atoms with Crippen molar-refractivity contribution in [2.45, 2.75) is 25.3 Å². The van der Waals surface area contributed by atoms with E-state index in [9.17, 15) is 14.7 Å². The maximum atomic E-state index is 11.9. The van der Waals surface area contributed by atoms with Crippen LogP contribution in [0.4, 0.5) is 4.79 Å². The lowest BCUT2D eigenvalue weighted by Gasteiger charge is -2.35. The largest absolute Gasteiger partial charge is 0.480 e. The van der Waals surface area contributed by atoms with Crippen molar-refractivity contribution in [2.75, 3.05) is 32.9 Å². The molecule has 7 nitrogen and oxygen atoms in total. The molecule has 1 aliphatic rings. The van der Waals surface area contributed by atoms with Gasteiger partial charge >= 0.3 is 12.0 Å². The molecule has 2 amide bonds. The Balaban J connectivity index is 2.71. The maximum absolute atomic E-state index is 11.9. The van der Waals surface area contributed by atoms with E-state index in [-0.39, 0.29) is 26.0 Å². The number of nitrogens with one attached hydrogen (secondary N) is 1. The summed E-state index contributed by atoms with van der Waals surface area (Å²) >= 11 is 0. The van der Waals surface area contributed by atoms with E-state index in [1.807, 2.05) is 0 Å². The Morgan fingerprint density at radius 1 is 1.39 bits per heavy atom. The molecule has 0 saturated carbocycles. The fourth-order valence-electron chi connectivity index (χ4n) is 1.92. The van der Waals surface area contributed by atoms with E-state index in [4.69, 9.17) is 9.84 Å². The summed E-state index contributed by atoms with van der Waals surface area (Å²) in [6.45, 7) is 2.86. The van der Waals surface area contributed by atoms with E-state index in [1.165, 1.54) is 4.90 Å². The minimum atomic E-state index is -1.25. The number of hydrogen-bond acceptors (Lipinski definition) is 4. The lowest BCUT2D eigenvalue weighted by molar-refractivity contribution is -0.148. The molecule has 0 bridgehead atoms. The molecule has 18 heavy (non-hydrogen) atoms. The van der Waals surface area contributed by atoms with Crippen LogP contribution < -0.4 is 5.32 Å². The summed E-state index contributed by atoms with van der Waals surface area (Å²) in [5.41, 5.74) is -1.25. The predicted octanol–water partition coefficient (Wildman–Crippen LogP) is -0.356. The highest BCUT2D eigenvalue weighted by Gasteiger charge is 2.42. The minimum absolute atomic E-state index is 0.148. The average Bonchev–Trinajstić information content (AvgIpc) is 2.36. The quantitative estimate of drug-likeness (QED) is 0.627. The molecule has 1 fully saturated rings. The lowest BCUT2D eigenvalue weighted by atomic mass is 9.90. The summed E-state index contributed by atoms with van der Waals surface area (Å²) in [6.07, 6.45) is 0.509. The van der Waals surface area contributed by atoms with Crippen molar-refractivity contribution in [1.29, 1.82) is 0 Å². The zero-order valence-corrected chi connectivity index (χ0v) is 10.5. The van der Waals surface area contributed by atoms with Crippen molar-refractivity contribution < 1.29 is 24.5 Å². The Bertz CT molecular complexity index is 302. The molecule has 0 unspecified atom stereocenters. The van der Waals surface area contributed by atoms with Gasteiger partial charge in [0, 0.05) is 39.1 Å². The van der Waals surface area contributed by atoms with Gasteiger partial charge in [-0.25, -0.2) is 9.59 Å². The Hall–Kier alpha value is -1.34. The molecular weight excluding hydrogens is 240 g/mol. The second-order valence-electron chi connectivity index (χ2n) is 4.23. The van der Waals surface area contributed by atoms with Gasteiger partial charge in [-0.2, -0.15) is 0 Å². The van der Waals surface area contributed by atoms with Crippen LogP contribution in [0.2, 0.25) is 0 Å². The Labute approximate surface area is 106 Å². The third-order valence-corrected chi connectivity index (χ3v) is 3.14. The van der Waals surface area contributed by atoms with E-state index in [2.05, 4.69) is 5.32 Å². The van der Waals surface area contributed by atoms with Crippen LogP contribution in [0.15, 0.2) is 0 Å². The van der Waals surface area contributed by atoms with Gasteiger partial charge in [-0.15, -0.1) is 0 Å². The Morgan fingerprint density at radius 3 is 2.44 bits per heavy atom. The molecule has 1 heterocycles. The number of carboxylic acids is 1. The Morgan fingerprint density at radius 2 is 2.00 bits per heavy atom. The van der Waals surface area contributed by atoms with Gasteiger partial charge < -0.3 is 25.2 Å². The highest BCUT2D eigenvalue weighted by Crippen LogP contribution is 2.21. The monoisotopic (exact) mass is 260 g/mol. The van der Waals surface area contributed by atoms with E-state index >= 15 is 0 Å². The van der Waals surface area contributed by atoms with Gasteiger partial charge in [-0.1, -0.05) is 0 Å². The fourth-order valence-corrected chi connectivity index (χ4v) is 1.92. The van der Waals surface area contributed by atoms with Crippen LogP contribution in [0.5, 0.6) is 0 Å². The van der Waals surface area contributed by atoms with Gasteiger partial charge in [-0.3, -0.25) is 0 Å². The number of aliphatic hydroxyl groups is 1. The molecule has 104 valence electrons. The molecule has 0 radical (unpaired) electrons. The summed E-state index contributed by atoms with van der Waals surface area (Å²) in [5, 5.41) is 20.7. The highest BCUT2D eigenvalue weighted by atomic mass is 16.5. The highest BCUT2D eigenvalue weighted by molar-refractivity contribution is 5.86. The third kappa shape index (κ3) is 3.33. The number of amides is 2. The molecule has 0 aromatic heterocycles. The standard InChI is InChI=1S/C11H20N2O5/c1-2-13(5-6-14)10(17)12-11(9(15)16)3-7-18-8-4-11/h14H,2-8H2,1H3,(H,12,17)(H,15,16). The number of ether oxygens (including phenoxy) is 1. The van der Waals surface area contributed by atoms with Gasteiger partial charge in [0.1, 0.15) is 5.54 Å². The maximum Gasteiger partial charge on any atom is 0.329 e. The number of carboxylic acid groups (broad SMARTS) is 1. The third-order valence-electron chi connectivity index (χ3n) is 3.14. The van der Waals surface area contributed by atoms with Gasteiger partial charge in [0.05, 0.1) is 6.61 Å². The molecule has 7 heteroatoms. The van der Waals surface area contributed by atoms with E-state index in [0.717, 1.165) is 0 Å². The topological polar surface area (TPSA) is 99.1 Å². The van der Waals surface area contributed by atoms with Crippen molar-refractivity contribution in [3.05, 3.63) is 0 Å². The van der Waals surface area contributed by atoms with Crippen molar-refractivity contribution in [3.63, 3.8) is 0 Å². The first-order valence-electron chi connectivity index (χ1n) is 6.05. The van der Waals surface area contributed by atoms with Crippen LogP contribution >= 0.6 is 0 Å². The number of likely N-dealkylation sites (N-methyl/N-ethyl adjacent to an activating group) is 1. The SMILES string of the molecule is CCN(CCO)C(=O)NC1(C(=O)O)CCOCC1. The Kier molecular flexibility index (Phi) is 5.36. The second-order valence-corrected chi connectivity index (χ2v) is 4.23. The fraction of sp³-hybridized carbons (Fsp3) is 0.818. The van der Waals surface area contributed by atoms with Gasteiger partial charge in [0.2, 0.25) is 0 Å². The molecule has 0 aromatic rings. The summed E-state index contributed by atoms with van der Waals surface area (Å²) in [6, 6.07) is -0.462. The van der Waals surface area contributed by atoms with Crippen LogP contribution in [0.1, 0.15) is 19.8 Å². The van der Waals surface area contributed by atoms with Crippen molar-refractivity contribution in [2.24, 2.45) is 0 Å². The van der Waals surface area contributed by atoms with Crippen LogP contribution in [-0.2, 0) is 9.53 Å². The zero-order chi connectivity index (χ0) is 13.6. The summed E-state index contributed by atoms with van der Waals surface area (Å²) in [4.78, 5) is 24.7. The zero-order valence-electron chi connectivity index (χ0n) is 10.5. The molecule has 0 aliphatic carbocycles. The molecule has 0 atom stereocenters. The number of carbonyl (C=O) groups is 2. The molecule has 1 saturated heterocycles. The summed E-state index contributed by atoms with van der Waals surface area (Å²) in [5.74, 6) is -1.04. The van der Waals surface area contributed by atoms with Crippen molar-refractivity contribution >= 4 is 12.0 Å². The van der Waals surface area contributed by atoms with Crippen LogP contribution in [0.3, 0.4) is 0 Å². The first-order chi connectivity index (χ1) is 8.55. The number of urea groups is 1. The minimum Gasteiger partial charge on any atom is -0.480 e.